The van der Waals surface area contributed by atoms with Crippen LogP contribution < -0.4 is 14.4 Å². The van der Waals surface area contributed by atoms with Crippen molar-refractivity contribution < 1.29 is 9.47 Å². The lowest BCUT2D eigenvalue weighted by atomic mass is 9.99. The van der Waals surface area contributed by atoms with E-state index in [4.69, 9.17) is 14.5 Å². The average molecular weight is 372 g/mol. The van der Waals surface area contributed by atoms with Crippen LogP contribution in [0, 0.1) is 12.8 Å². The van der Waals surface area contributed by atoms with Crippen molar-refractivity contribution in [1.82, 2.24) is 14.8 Å². The van der Waals surface area contributed by atoms with Gasteiger partial charge in [-0.25, -0.2) is 9.67 Å². The van der Waals surface area contributed by atoms with Crippen LogP contribution in [0.4, 0.5) is 5.13 Å². The van der Waals surface area contributed by atoms with E-state index in [2.05, 4.69) is 10.00 Å². The molecule has 2 aromatic heterocycles. The highest BCUT2D eigenvalue weighted by molar-refractivity contribution is 7.22. The van der Waals surface area contributed by atoms with Gasteiger partial charge >= 0.3 is 0 Å². The molecule has 138 valence electrons. The van der Waals surface area contributed by atoms with Gasteiger partial charge in [-0.1, -0.05) is 17.4 Å². The van der Waals surface area contributed by atoms with E-state index in [1.54, 1.807) is 18.4 Å². The number of thiazole rings is 1. The molecule has 0 radical (unpaired) electrons. The van der Waals surface area contributed by atoms with Crippen molar-refractivity contribution in [2.24, 2.45) is 13.0 Å². The van der Waals surface area contributed by atoms with Crippen molar-refractivity contribution in [1.29, 1.82) is 0 Å². The monoisotopic (exact) mass is 372 g/mol. The van der Waals surface area contributed by atoms with E-state index in [0.717, 1.165) is 47.7 Å². The zero-order chi connectivity index (χ0) is 18.1. The number of fused-ring (bicyclic) bond motifs is 1. The van der Waals surface area contributed by atoms with Crippen molar-refractivity contribution in [2.45, 2.75) is 19.8 Å². The molecule has 0 bridgehead atoms. The molecule has 4 rings (SSSR count). The number of nitrogens with zero attached hydrogens (tertiary/aromatic N) is 4. The van der Waals surface area contributed by atoms with Crippen molar-refractivity contribution >= 4 is 26.8 Å². The van der Waals surface area contributed by atoms with Gasteiger partial charge in [0.1, 0.15) is 11.5 Å². The fourth-order valence-electron chi connectivity index (χ4n) is 3.49. The van der Waals surface area contributed by atoms with Crippen LogP contribution in [0.15, 0.2) is 24.3 Å². The smallest absolute Gasteiger partial charge is 0.188 e. The van der Waals surface area contributed by atoms with Gasteiger partial charge in [-0.2, -0.15) is 5.10 Å². The average Bonchev–Trinajstić information content (AvgIpc) is 3.22. The maximum Gasteiger partial charge on any atom is 0.188 e. The summed E-state index contributed by atoms with van der Waals surface area (Å²) in [5, 5.41) is 5.54. The zero-order valence-electron chi connectivity index (χ0n) is 15.4. The minimum atomic E-state index is 0.501. The van der Waals surface area contributed by atoms with Gasteiger partial charge < -0.3 is 14.4 Å². The molecule has 6 nitrogen and oxygen atoms in total. The fourth-order valence-corrected chi connectivity index (χ4v) is 4.56. The summed E-state index contributed by atoms with van der Waals surface area (Å²) >= 11 is 1.75. The number of aromatic nitrogens is 3. The number of anilines is 1. The van der Waals surface area contributed by atoms with Crippen LogP contribution in [0.25, 0.3) is 10.3 Å². The maximum absolute atomic E-state index is 6.02. The highest BCUT2D eigenvalue weighted by Gasteiger charge is 2.24. The fraction of sp³-hybridized carbons (Fsp3) is 0.474. The Morgan fingerprint density at radius 2 is 2.15 bits per heavy atom. The van der Waals surface area contributed by atoms with Crippen LogP contribution in [0.3, 0.4) is 0 Å². The number of benzene rings is 1. The number of piperidine rings is 1. The predicted molar refractivity (Wildman–Crippen MR) is 105 cm³/mol. The Morgan fingerprint density at radius 3 is 2.96 bits per heavy atom. The largest absolute Gasteiger partial charge is 0.497 e. The third-order valence-corrected chi connectivity index (χ3v) is 6.06. The number of hydrogen-bond donors (Lipinski definition) is 0. The van der Waals surface area contributed by atoms with Crippen LogP contribution in [0.1, 0.15) is 18.5 Å². The second-order valence-corrected chi connectivity index (χ2v) is 7.78. The standard InChI is InChI=1S/C19H24N4O2S/c1-13-17-18(22(2)21-13)20-19(26-17)23-9-5-6-14(11-23)12-25-16-8-4-7-15(10-16)24-3/h4,7-8,10,14H,5-6,9,11-12H2,1-3H3/t14-/m1/s1. The molecule has 3 aromatic rings. The zero-order valence-corrected chi connectivity index (χ0v) is 16.3. The molecule has 3 heterocycles. The van der Waals surface area contributed by atoms with Gasteiger partial charge in [-0.3, -0.25) is 0 Å². The van der Waals surface area contributed by atoms with E-state index in [1.807, 2.05) is 42.9 Å². The van der Waals surface area contributed by atoms with Crippen molar-refractivity contribution in [3.8, 4) is 11.5 Å². The first-order chi connectivity index (χ1) is 12.6. The van der Waals surface area contributed by atoms with Gasteiger partial charge in [-0.05, 0) is 31.9 Å². The van der Waals surface area contributed by atoms with E-state index in [1.165, 1.54) is 17.5 Å². The van der Waals surface area contributed by atoms with E-state index in [9.17, 15) is 0 Å². The highest BCUT2D eigenvalue weighted by Crippen LogP contribution is 2.33. The highest BCUT2D eigenvalue weighted by atomic mass is 32.1. The molecule has 7 heteroatoms. The lowest BCUT2D eigenvalue weighted by Crippen LogP contribution is -2.37. The number of methoxy groups -OCH3 is 1. The molecule has 1 saturated heterocycles. The third kappa shape index (κ3) is 3.35. The van der Waals surface area contributed by atoms with Gasteiger partial charge in [-0.15, -0.1) is 0 Å². The quantitative estimate of drug-likeness (QED) is 0.684. The van der Waals surface area contributed by atoms with Crippen LogP contribution >= 0.6 is 11.3 Å². The van der Waals surface area contributed by atoms with Crippen molar-refractivity contribution in [3.05, 3.63) is 30.0 Å². The molecule has 0 spiro atoms. The number of aryl methyl sites for hydroxylation is 2. The Balaban J connectivity index is 1.42. The Bertz CT molecular complexity index is 870. The number of ether oxygens (including phenoxy) is 2. The summed E-state index contributed by atoms with van der Waals surface area (Å²) in [6.07, 6.45) is 2.35. The molecule has 0 saturated carbocycles. The Kier molecular flexibility index (Phi) is 4.72. The SMILES string of the molecule is COc1cccc(OC[C@@H]2CCCN(c3nc4c(s3)c(C)nn4C)C2)c1. The van der Waals surface area contributed by atoms with Gasteiger partial charge in [0, 0.05) is 32.1 Å². The lowest BCUT2D eigenvalue weighted by Gasteiger charge is -2.32. The van der Waals surface area contributed by atoms with E-state index < -0.39 is 0 Å². The van der Waals surface area contributed by atoms with E-state index in [-0.39, 0.29) is 0 Å². The minimum Gasteiger partial charge on any atom is -0.497 e. The second-order valence-electron chi connectivity index (χ2n) is 6.80. The summed E-state index contributed by atoms with van der Waals surface area (Å²) in [5.74, 6) is 2.19. The van der Waals surface area contributed by atoms with Crippen LogP contribution in [-0.2, 0) is 7.05 Å². The molecule has 1 atom stereocenters. The lowest BCUT2D eigenvalue weighted by molar-refractivity contribution is 0.228. The van der Waals surface area contributed by atoms with Crippen LogP contribution in [-0.4, -0.2) is 41.6 Å². The topological polar surface area (TPSA) is 52.4 Å². The van der Waals surface area contributed by atoms with E-state index in [0.29, 0.717) is 5.92 Å². The van der Waals surface area contributed by atoms with Gasteiger partial charge in [0.15, 0.2) is 10.8 Å². The van der Waals surface area contributed by atoms with Crippen molar-refractivity contribution in [2.75, 3.05) is 31.7 Å². The molecule has 26 heavy (non-hydrogen) atoms. The molecule has 1 aromatic carbocycles. The minimum absolute atomic E-state index is 0.501. The Hall–Kier alpha value is -2.28. The number of hydrogen-bond acceptors (Lipinski definition) is 6. The van der Waals surface area contributed by atoms with Gasteiger partial charge in [0.2, 0.25) is 0 Å². The van der Waals surface area contributed by atoms with Crippen LogP contribution in [0.5, 0.6) is 11.5 Å². The van der Waals surface area contributed by atoms with E-state index >= 15 is 0 Å². The normalized spacial score (nSPS) is 17.7. The third-order valence-electron chi connectivity index (χ3n) is 4.85. The molecular weight excluding hydrogens is 348 g/mol. The first kappa shape index (κ1) is 17.1. The molecule has 0 amide bonds. The molecule has 1 aliphatic rings. The Labute approximate surface area is 157 Å². The van der Waals surface area contributed by atoms with Gasteiger partial charge in [0.05, 0.1) is 24.1 Å². The summed E-state index contributed by atoms with van der Waals surface area (Å²) in [5.41, 5.74) is 2.04. The first-order valence-electron chi connectivity index (χ1n) is 8.96. The molecule has 0 unspecified atom stereocenters. The molecule has 1 fully saturated rings. The molecule has 0 N–H and O–H groups in total. The second kappa shape index (κ2) is 7.15. The molecular formula is C19H24N4O2S. The van der Waals surface area contributed by atoms with Crippen LogP contribution in [0.2, 0.25) is 0 Å². The summed E-state index contributed by atoms with van der Waals surface area (Å²) in [7, 11) is 3.63. The summed E-state index contributed by atoms with van der Waals surface area (Å²) in [6, 6.07) is 7.80. The summed E-state index contributed by atoms with van der Waals surface area (Å²) in [6.45, 7) is 4.80. The predicted octanol–water partition coefficient (Wildman–Crippen LogP) is 3.64. The number of rotatable bonds is 5. The molecule has 1 aliphatic heterocycles. The first-order valence-corrected chi connectivity index (χ1v) is 9.77. The van der Waals surface area contributed by atoms with Crippen molar-refractivity contribution in [3.63, 3.8) is 0 Å². The Morgan fingerprint density at radius 1 is 1.31 bits per heavy atom. The molecule has 0 aliphatic carbocycles. The summed E-state index contributed by atoms with van der Waals surface area (Å²) < 4.78 is 14.3. The maximum atomic E-state index is 6.02. The summed E-state index contributed by atoms with van der Waals surface area (Å²) in [4.78, 5) is 7.22. The van der Waals surface area contributed by atoms with Gasteiger partial charge in [0.25, 0.3) is 0 Å².